The zero-order valence-electron chi connectivity index (χ0n) is 4.01. The summed E-state index contributed by atoms with van der Waals surface area (Å²) >= 11 is 0. The molecule has 0 bridgehead atoms. The molecule has 3 nitrogen and oxygen atoms in total. The Morgan fingerprint density at radius 3 is 2.29 bits per heavy atom. The van der Waals surface area contributed by atoms with Gasteiger partial charge in [-0.2, -0.15) is 0 Å². The lowest BCUT2D eigenvalue weighted by Crippen LogP contribution is -2.14. The standard InChI is InChI=1S/C3H7NO2.ClH/c1-6-3(5)2-4;/h2,4H2,1H3;1H/i2+1,3+1,4+1;. The highest BCUT2D eigenvalue weighted by Gasteiger charge is 1.87. The Bertz CT molecular complexity index is 50.9. The van der Waals surface area contributed by atoms with Crippen LogP contribution < -0.4 is 5.73 Å². The van der Waals surface area contributed by atoms with Crippen molar-refractivity contribution in [3.63, 3.8) is 0 Å². The minimum atomic E-state index is -0.380. The van der Waals surface area contributed by atoms with Crippen LogP contribution >= 0.6 is 12.4 Å². The molecular weight excluding hydrogens is 120 g/mol. The number of halogens is 1. The minimum absolute atomic E-state index is 0. The van der Waals surface area contributed by atoms with Crippen LogP contribution in [0.1, 0.15) is 0 Å². The molecule has 0 saturated carbocycles. The summed E-state index contributed by atoms with van der Waals surface area (Å²) in [4.78, 5) is 9.83. The summed E-state index contributed by atoms with van der Waals surface area (Å²) in [6.07, 6.45) is 0. The summed E-state index contributed by atoms with van der Waals surface area (Å²) in [6.45, 7) is -0.0312. The Morgan fingerprint density at radius 2 is 2.29 bits per heavy atom. The van der Waals surface area contributed by atoms with Gasteiger partial charge in [-0.1, -0.05) is 0 Å². The van der Waals surface area contributed by atoms with Crippen LogP contribution in [0.3, 0.4) is 0 Å². The Balaban J connectivity index is 0. The van der Waals surface area contributed by atoms with Gasteiger partial charge >= 0.3 is 5.97 Å². The van der Waals surface area contributed by atoms with Gasteiger partial charge in [0.1, 0.15) is 0 Å². The molecule has 0 aliphatic rings. The summed E-state index contributed by atoms with van der Waals surface area (Å²) in [5.41, 5.74) is 4.81. The molecule has 4 heteroatoms. The van der Waals surface area contributed by atoms with Crippen LogP contribution in [-0.2, 0) is 9.53 Å². The molecule has 0 aromatic heterocycles. The van der Waals surface area contributed by atoms with E-state index in [0.29, 0.717) is 0 Å². The van der Waals surface area contributed by atoms with Gasteiger partial charge in [0.15, 0.2) is 0 Å². The molecule has 0 rings (SSSR count). The first kappa shape index (κ1) is 9.87. The number of carbonyl (C=O) groups is 1. The third-order valence-corrected chi connectivity index (χ3v) is 0.394. The zero-order valence-corrected chi connectivity index (χ0v) is 4.83. The van der Waals surface area contributed by atoms with Gasteiger partial charge in [0.2, 0.25) is 0 Å². The molecule has 0 aliphatic heterocycles. The molecule has 0 atom stereocenters. The van der Waals surface area contributed by atoms with E-state index in [-0.39, 0.29) is 24.9 Å². The van der Waals surface area contributed by atoms with Crippen molar-refractivity contribution in [2.24, 2.45) is 5.73 Å². The monoisotopic (exact) mass is 128 g/mol. The van der Waals surface area contributed by atoms with Gasteiger partial charge < -0.3 is 10.5 Å². The van der Waals surface area contributed by atoms with Crippen molar-refractivity contribution in [2.45, 2.75) is 0 Å². The fraction of sp³-hybridized carbons (Fsp3) is 0.667. The predicted octanol–water partition coefficient (Wildman–Crippen LogP) is -0.460. The van der Waals surface area contributed by atoms with Crippen LogP contribution in [0.4, 0.5) is 0 Å². The summed E-state index contributed by atoms with van der Waals surface area (Å²) in [7, 11) is 1.30. The van der Waals surface area contributed by atoms with Crippen LogP contribution in [0, 0.1) is 0 Å². The Hall–Kier alpha value is -0.280. The van der Waals surface area contributed by atoms with E-state index in [1.807, 2.05) is 0 Å². The van der Waals surface area contributed by atoms with Crippen molar-refractivity contribution in [3.8, 4) is 0 Å². The number of nitrogens with two attached hydrogens (primary N) is 1. The molecule has 0 spiro atoms. The Morgan fingerprint density at radius 1 is 1.86 bits per heavy atom. The lowest BCUT2D eigenvalue weighted by molar-refractivity contribution is -0.138. The zero-order chi connectivity index (χ0) is 4.99. The summed E-state index contributed by atoms with van der Waals surface area (Å²) < 4.78 is 4.14. The largest absolute Gasteiger partial charge is 0.468 e. The van der Waals surface area contributed by atoms with E-state index in [9.17, 15) is 4.79 Å². The first-order valence-corrected chi connectivity index (χ1v) is 1.58. The average molecular weight is 129 g/mol. The van der Waals surface area contributed by atoms with Crippen LogP contribution in [0.5, 0.6) is 0 Å². The topological polar surface area (TPSA) is 52.3 Å². The normalized spacial score (nSPS) is 6.57. The van der Waals surface area contributed by atoms with Gasteiger partial charge in [-0.05, 0) is 0 Å². The van der Waals surface area contributed by atoms with Crippen molar-refractivity contribution in [2.75, 3.05) is 13.7 Å². The van der Waals surface area contributed by atoms with E-state index in [4.69, 9.17) is 5.73 Å². The number of hydrogen-bond donors (Lipinski definition) is 1. The minimum Gasteiger partial charge on any atom is -0.468 e. The number of carbonyl (C=O) groups excluding carboxylic acids is 1. The van der Waals surface area contributed by atoms with Gasteiger partial charge in [-0.3, -0.25) is 4.79 Å². The van der Waals surface area contributed by atoms with Crippen LogP contribution in [-0.4, -0.2) is 19.6 Å². The molecule has 0 saturated heterocycles. The molecule has 2 N–H and O–H groups in total. The van der Waals surface area contributed by atoms with Gasteiger partial charge in [0, 0.05) is 0 Å². The van der Waals surface area contributed by atoms with Gasteiger partial charge in [-0.25, -0.2) is 0 Å². The van der Waals surface area contributed by atoms with Crippen LogP contribution in [0.2, 0.25) is 0 Å². The molecule has 0 fully saturated rings. The number of ether oxygens (including phenoxy) is 1. The van der Waals surface area contributed by atoms with Crippen LogP contribution in [0.25, 0.3) is 0 Å². The van der Waals surface area contributed by atoms with E-state index in [2.05, 4.69) is 4.74 Å². The number of hydrogen-bond acceptors (Lipinski definition) is 3. The molecule has 0 aromatic rings. The van der Waals surface area contributed by atoms with E-state index in [1.54, 1.807) is 0 Å². The number of methoxy groups -OCH3 is 1. The Kier molecular flexibility index (Phi) is 8.06. The fourth-order valence-corrected chi connectivity index (χ4v) is 0.0833. The maximum absolute atomic E-state index is 9.83. The number of esters is 1. The molecule has 0 aliphatic carbocycles. The van der Waals surface area contributed by atoms with E-state index < -0.39 is 0 Å². The number of rotatable bonds is 1. The second kappa shape index (κ2) is 5.72. The average Bonchev–Trinajstić information content (AvgIpc) is 1.65. The maximum Gasteiger partial charge on any atom is 0.319 e. The molecule has 0 radical (unpaired) electrons. The third-order valence-electron chi connectivity index (χ3n) is 0.394. The predicted molar refractivity (Wildman–Crippen MR) is 28.3 cm³/mol. The fourth-order valence-electron chi connectivity index (χ4n) is 0.0833. The lowest BCUT2D eigenvalue weighted by Gasteiger charge is -1.87. The lowest BCUT2D eigenvalue weighted by atomic mass is 11.6. The highest BCUT2D eigenvalue weighted by Crippen LogP contribution is 1.61. The summed E-state index contributed by atoms with van der Waals surface area (Å²) in [5.74, 6) is -0.380. The molecule has 0 aromatic carbocycles. The molecule has 7 heavy (non-hydrogen) atoms. The van der Waals surface area contributed by atoms with Crippen molar-refractivity contribution in [3.05, 3.63) is 0 Å². The Labute approximate surface area is 48.2 Å². The molecule has 0 amide bonds. The van der Waals surface area contributed by atoms with Crippen molar-refractivity contribution in [1.82, 2.24) is 0 Å². The second-order valence-corrected chi connectivity index (χ2v) is 0.780. The molecule has 0 unspecified atom stereocenters. The van der Waals surface area contributed by atoms with Gasteiger partial charge in [-0.15, -0.1) is 12.4 Å². The summed E-state index contributed by atoms with van der Waals surface area (Å²) in [5, 5.41) is 0. The van der Waals surface area contributed by atoms with E-state index >= 15 is 0 Å². The highest BCUT2D eigenvalue weighted by atomic mass is 35.5. The first-order chi connectivity index (χ1) is 2.81. The maximum atomic E-state index is 9.83. The van der Waals surface area contributed by atoms with Gasteiger partial charge in [0.05, 0.1) is 13.7 Å². The van der Waals surface area contributed by atoms with E-state index in [1.165, 1.54) is 7.11 Å². The van der Waals surface area contributed by atoms with Crippen molar-refractivity contribution < 1.29 is 9.53 Å². The van der Waals surface area contributed by atoms with Crippen molar-refractivity contribution >= 4 is 18.4 Å². The third kappa shape index (κ3) is 5.72. The van der Waals surface area contributed by atoms with Crippen LogP contribution in [0.15, 0.2) is 0 Å². The smallest absolute Gasteiger partial charge is 0.319 e. The van der Waals surface area contributed by atoms with E-state index in [0.717, 1.165) is 0 Å². The van der Waals surface area contributed by atoms with Crippen molar-refractivity contribution in [1.29, 1.82) is 0 Å². The first-order valence-electron chi connectivity index (χ1n) is 1.58. The summed E-state index contributed by atoms with van der Waals surface area (Å²) in [6, 6.07) is 0. The molecular formula is C3H8ClNO2. The second-order valence-electron chi connectivity index (χ2n) is 0.780. The quantitative estimate of drug-likeness (QED) is 0.295. The highest BCUT2D eigenvalue weighted by molar-refractivity contribution is 5.85. The molecule has 44 valence electrons. The van der Waals surface area contributed by atoms with Gasteiger partial charge in [0.25, 0.3) is 0 Å². The SMILES string of the molecule is CO[13C](=O)[13CH2][15NH2].Cl. The molecule has 0 heterocycles.